The minimum atomic E-state index is -0.295. The van der Waals surface area contributed by atoms with Gasteiger partial charge in [0, 0.05) is 11.1 Å². The van der Waals surface area contributed by atoms with Crippen molar-refractivity contribution < 1.29 is 4.79 Å². The summed E-state index contributed by atoms with van der Waals surface area (Å²) in [6.07, 6.45) is 6.05. The summed E-state index contributed by atoms with van der Waals surface area (Å²) in [7, 11) is 0. The molecule has 0 heterocycles. The van der Waals surface area contributed by atoms with E-state index in [9.17, 15) is 10.1 Å². The molecule has 1 amide bonds. The maximum Gasteiger partial charge on any atom is 0.262 e. The summed E-state index contributed by atoms with van der Waals surface area (Å²) in [5.41, 5.74) is 0.876. The summed E-state index contributed by atoms with van der Waals surface area (Å²) in [4.78, 5) is 12.2. The Bertz CT molecular complexity index is 589. The van der Waals surface area contributed by atoms with Gasteiger partial charge in [0.1, 0.15) is 11.6 Å². The topological polar surface area (TPSA) is 52.9 Å². The number of benzene rings is 1. The summed E-state index contributed by atoms with van der Waals surface area (Å²) < 4.78 is 0. The average molecular weight is 303 g/mol. The molecule has 0 radical (unpaired) electrons. The van der Waals surface area contributed by atoms with E-state index < -0.39 is 0 Å². The van der Waals surface area contributed by atoms with E-state index in [-0.39, 0.29) is 17.5 Å². The SMILES string of the molecule is C[C@@H]1CCCC[C@H]1NC(=O)/C(C#N)=C/c1cccc(Cl)c1. The molecule has 1 aliphatic rings. The van der Waals surface area contributed by atoms with E-state index in [4.69, 9.17) is 11.6 Å². The summed E-state index contributed by atoms with van der Waals surface area (Å²) in [6.45, 7) is 2.15. The van der Waals surface area contributed by atoms with Crippen LogP contribution >= 0.6 is 11.6 Å². The predicted molar refractivity (Wildman–Crippen MR) is 84.6 cm³/mol. The fourth-order valence-corrected chi connectivity index (χ4v) is 2.89. The van der Waals surface area contributed by atoms with Crippen LogP contribution in [0, 0.1) is 17.2 Å². The summed E-state index contributed by atoms with van der Waals surface area (Å²) in [6, 6.07) is 9.25. The molecule has 1 aromatic carbocycles. The Morgan fingerprint density at radius 3 is 2.86 bits per heavy atom. The molecule has 1 saturated carbocycles. The van der Waals surface area contributed by atoms with Gasteiger partial charge in [-0.3, -0.25) is 4.79 Å². The molecule has 1 fully saturated rings. The number of halogens is 1. The second-order valence-electron chi connectivity index (χ2n) is 5.57. The van der Waals surface area contributed by atoms with E-state index in [1.165, 1.54) is 6.42 Å². The van der Waals surface area contributed by atoms with Gasteiger partial charge >= 0.3 is 0 Å². The van der Waals surface area contributed by atoms with Crippen LogP contribution in [0.15, 0.2) is 29.8 Å². The molecule has 3 nitrogen and oxygen atoms in total. The lowest BCUT2D eigenvalue weighted by Crippen LogP contribution is -2.41. The molecule has 110 valence electrons. The number of nitrogens with one attached hydrogen (secondary N) is 1. The van der Waals surface area contributed by atoms with E-state index in [2.05, 4.69) is 12.2 Å². The molecule has 1 N–H and O–H groups in total. The van der Waals surface area contributed by atoms with Crippen molar-refractivity contribution in [2.45, 2.75) is 38.6 Å². The number of nitrogens with zero attached hydrogens (tertiary/aromatic N) is 1. The quantitative estimate of drug-likeness (QED) is 0.679. The fourth-order valence-electron chi connectivity index (χ4n) is 2.69. The average Bonchev–Trinajstić information content (AvgIpc) is 2.47. The maximum atomic E-state index is 12.2. The summed E-state index contributed by atoms with van der Waals surface area (Å²) in [5, 5.41) is 12.8. The number of nitriles is 1. The van der Waals surface area contributed by atoms with Crippen molar-refractivity contribution in [2.24, 2.45) is 5.92 Å². The van der Waals surface area contributed by atoms with Crippen molar-refractivity contribution in [3.05, 3.63) is 40.4 Å². The highest BCUT2D eigenvalue weighted by atomic mass is 35.5. The van der Waals surface area contributed by atoms with Crippen LogP contribution in [0.1, 0.15) is 38.2 Å². The van der Waals surface area contributed by atoms with Gasteiger partial charge in [0.15, 0.2) is 0 Å². The third kappa shape index (κ3) is 4.34. The van der Waals surface area contributed by atoms with Crippen LogP contribution in [0.3, 0.4) is 0 Å². The number of amides is 1. The first-order chi connectivity index (χ1) is 10.1. The lowest BCUT2D eigenvalue weighted by Gasteiger charge is -2.29. The van der Waals surface area contributed by atoms with Crippen LogP contribution in [0.5, 0.6) is 0 Å². The molecule has 0 spiro atoms. The summed E-state index contributed by atoms with van der Waals surface area (Å²) >= 11 is 5.91. The van der Waals surface area contributed by atoms with Crippen LogP contribution in [-0.4, -0.2) is 11.9 Å². The number of hydrogen-bond donors (Lipinski definition) is 1. The van der Waals surface area contributed by atoms with Gasteiger partial charge in [-0.25, -0.2) is 0 Å². The first-order valence-corrected chi connectivity index (χ1v) is 7.66. The third-order valence-electron chi connectivity index (χ3n) is 3.95. The second kappa shape index (κ2) is 7.28. The van der Waals surface area contributed by atoms with E-state index in [1.54, 1.807) is 24.3 Å². The molecule has 2 rings (SSSR count). The van der Waals surface area contributed by atoms with Crippen LogP contribution in [0.4, 0.5) is 0 Å². The van der Waals surface area contributed by atoms with Gasteiger partial charge in [0.05, 0.1) is 0 Å². The Morgan fingerprint density at radius 2 is 2.19 bits per heavy atom. The van der Waals surface area contributed by atoms with Crippen LogP contribution in [-0.2, 0) is 4.79 Å². The predicted octanol–water partition coefficient (Wildman–Crippen LogP) is 3.94. The molecule has 0 aliphatic heterocycles. The van der Waals surface area contributed by atoms with Gasteiger partial charge in [-0.15, -0.1) is 0 Å². The zero-order valence-electron chi connectivity index (χ0n) is 12.1. The minimum Gasteiger partial charge on any atom is -0.348 e. The Kier molecular flexibility index (Phi) is 5.41. The number of carbonyl (C=O) groups is 1. The fraction of sp³-hybridized carbons (Fsp3) is 0.412. The van der Waals surface area contributed by atoms with Gasteiger partial charge in [-0.05, 0) is 42.5 Å². The van der Waals surface area contributed by atoms with Crippen molar-refractivity contribution in [3.63, 3.8) is 0 Å². The smallest absolute Gasteiger partial charge is 0.262 e. The first kappa shape index (κ1) is 15.6. The molecular formula is C17H19ClN2O. The standard InChI is InChI=1S/C17H19ClN2O/c1-12-5-2-3-8-16(12)20-17(21)14(11-19)9-13-6-4-7-15(18)10-13/h4,6-7,9-10,12,16H,2-3,5,8H2,1H3,(H,20,21)/b14-9+/t12-,16-/m1/s1. The van der Waals surface area contributed by atoms with E-state index in [0.717, 1.165) is 24.8 Å². The van der Waals surface area contributed by atoms with Gasteiger partial charge < -0.3 is 5.32 Å². The number of rotatable bonds is 3. The first-order valence-electron chi connectivity index (χ1n) is 7.28. The monoisotopic (exact) mass is 302 g/mol. The normalized spacial score (nSPS) is 22.4. The Labute approximate surface area is 130 Å². The highest BCUT2D eigenvalue weighted by Gasteiger charge is 2.23. The van der Waals surface area contributed by atoms with Gasteiger partial charge in [0.2, 0.25) is 0 Å². The van der Waals surface area contributed by atoms with Crippen molar-refractivity contribution >= 4 is 23.6 Å². The van der Waals surface area contributed by atoms with Crippen LogP contribution < -0.4 is 5.32 Å². The molecule has 2 atom stereocenters. The molecular weight excluding hydrogens is 284 g/mol. The molecule has 0 unspecified atom stereocenters. The summed E-state index contributed by atoms with van der Waals surface area (Å²) in [5.74, 6) is 0.171. The molecule has 0 bridgehead atoms. The second-order valence-corrected chi connectivity index (χ2v) is 6.00. The van der Waals surface area contributed by atoms with Gasteiger partial charge in [0.25, 0.3) is 5.91 Å². The maximum absolute atomic E-state index is 12.2. The Morgan fingerprint density at radius 1 is 1.43 bits per heavy atom. The van der Waals surface area contributed by atoms with E-state index >= 15 is 0 Å². The Hall–Kier alpha value is -1.79. The largest absolute Gasteiger partial charge is 0.348 e. The van der Waals surface area contributed by atoms with Crippen molar-refractivity contribution in [2.75, 3.05) is 0 Å². The van der Waals surface area contributed by atoms with Crippen LogP contribution in [0.25, 0.3) is 6.08 Å². The van der Waals surface area contributed by atoms with Crippen molar-refractivity contribution in [1.29, 1.82) is 5.26 Å². The van der Waals surface area contributed by atoms with Gasteiger partial charge in [-0.1, -0.05) is 43.5 Å². The zero-order valence-corrected chi connectivity index (χ0v) is 12.9. The highest BCUT2D eigenvalue weighted by molar-refractivity contribution is 6.30. The molecule has 1 aromatic rings. The lowest BCUT2D eigenvalue weighted by atomic mass is 9.86. The van der Waals surface area contributed by atoms with Gasteiger partial charge in [-0.2, -0.15) is 5.26 Å². The molecule has 21 heavy (non-hydrogen) atoms. The molecule has 1 aliphatic carbocycles. The zero-order chi connectivity index (χ0) is 15.2. The van der Waals surface area contributed by atoms with E-state index in [0.29, 0.717) is 10.9 Å². The Balaban J connectivity index is 2.10. The molecule has 4 heteroatoms. The van der Waals surface area contributed by atoms with Crippen molar-refractivity contribution in [1.82, 2.24) is 5.32 Å². The lowest BCUT2D eigenvalue weighted by molar-refractivity contribution is -0.118. The van der Waals surface area contributed by atoms with Crippen molar-refractivity contribution in [3.8, 4) is 6.07 Å². The number of carbonyl (C=O) groups excluding carboxylic acids is 1. The number of hydrogen-bond acceptors (Lipinski definition) is 2. The van der Waals surface area contributed by atoms with E-state index in [1.807, 2.05) is 12.1 Å². The third-order valence-corrected chi connectivity index (χ3v) is 4.19. The minimum absolute atomic E-state index is 0.120. The highest BCUT2D eigenvalue weighted by Crippen LogP contribution is 2.24. The molecule has 0 saturated heterocycles. The molecule has 0 aromatic heterocycles. The van der Waals surface area contributed by atoms with Crippen LogP contribution in [0.2, 0.25) is 5.02 Å².